The lowest BCUT2D eigenvalue weighted by Crippen LogP contribution is -1.99. The quantitative estimate of drug-likeness (QED) is 0.685. The summed E-state index contributed by atoms with van der Waals surface area (Å²) >= 11 is 5.89. The van der Waals surface area contributed by atoms with Crippen LogP contribution in [0.2, 0.25) is 5.02 Å². The molecule has 0 aliphatic carbocycles. The molecule has 0 saturated heterocycles. The summed E-state index contributed by atoms with van der Waals surface area (Å²) in [5.41, 5.74) is 2.09. The van der Waals surface area contributed by atoms with Crippen LogP contribution in [0, 0.1) is 0 Å². The third-order valence-electron chi connectivity index (χ3n) is 3.45. The zero-order valence-electron chi connectivity index (χ0n) is 11.7. The molecule has 0 radical (unpaired) electrons. The number of hydrogen-bond acceptors (Lipinski definition) is 3. The first-order chi connectivity index (χ1) is 10.3. The number of rotatable bonds is 4. The molecular formula is C17H15ClN2O. The summed E-state index contributed by atoms with van der Waals surface area (Å²) in [4.78, 5) is 4.54. The second-order valence-electron chi connectivity index (χ2n) is 4.83. The minimum absolute atomic E-state index is 0.125. The Morgan fingerprint density at radius 2 is 1.76 bits per heavy atom. The summed E-state index contributed by atoms with van der Waals surface area (Å²) in [6.45, 7) is 2.11. The summed E-state index contributed by atoms with van der Waals surface area (Å²) < 4.78 is 5.46. The standard InChI is InChI=1S/C17H15ClN2O/c1-2-15(12-6-4-3-5-7-12)17-19-16(20-21-17)13-8-10-14(18)11-9-13/h3-11,15H,2H2,1H3/t15-/m1/s1. The average molecular weight is 299 g/mol. The monoisotopic (exact) mass is 298 g/mol. The van der Waals surface area contributed by atoms with Crippen LogP contribution in [0.4, 0.5) is 0 Å². The van der Waals surface area contributed by atoms with E-state index in [2.05, 4.69) is 29.2 Å². The van der Waals surface area contributed by atoms with E-state index in [1.807, 2.05) is 42.5 Å². The highest BCUT2D eigenvalue weighted by molar-refractivity contribution is 6.30. The highest BCUT2D eigenvalue weighted by atomic mass is 35.5. The lowest BCUT2D eigenvalue weighted by atomic mass is 9.96. The fraction of sp³-hybridized carbons (Fsp3) is 0.176. The van der Waals surface area contributed by atoms with Gasteiger partial charge >= 0.3 is 0 Å². The molecule has 0 amide bonds. The summed E-state index contributed by atoms with van der Waals surface area (Å²) in [5.74, 6) is 1.37. The Balaban J connectivity index is 1.92. The van der Waals surface area contributed by atoms with Gasteiger partial charge < -0.3 is 4.52 Å². The van der Waals surface area contributed by atoms with Crippen molar-refractivity contribution in [3.8, 4) is 11.4 Å². The van der Waals surface area contributed by atoms with Crippen molar-refractivity contribution in [2.24, 2.45) is 0 Å². The Bertz CT molecular complexity index is 707. The van der Waals surface area contributed by atoms with E-state index in [4.69, 9.17) is 16.1 Å². The van der Waals surface area contributed by atoms with Crippen molar-refractivity contribution in [2.75, 3.05) is 0 Å². The zero-order valence-corrected chi connectivity index (χ0v) is 12.4. The first kappa shape index (κ1) is 13.8. The van der Waals surface area contributed by atoms with E-state index in [0.29, 0.717) is 16.7 Å². The van der Waals surface area contributed by atoms with E-state index in [1.54, 1.807) is 0 Å². The van der Waals surface area contributed by atoms with Gasteiger partial charge in [-0.3, -0.25) is 0 Å². The van der Waals surface area contributed by atoms with E-state index < -0.39 is 0 Å². The molecule has 0 bridgehead atoms. The normalized spacial score (nSPS) is 12.3. The van der Waals surface area contributed by atoms with Crippen molar-refractivity contribution in [1.29, 1.82) is 0 Å². The van der Waals surface area contributed by atoms with E-state index in [1.165, 1.54) is 5.56 Å². The Kier molecular flexibility index (Phi) is 4.02. The Labute approximate surface area is 128 Å². The third kappa shape index (κ3) is 2.98. The largest absolute Gasteiger partial charge is 0.338 e. The van der Waals surface area contributed by atoms with Crippen molar-refractivity contribution >= 4 is 11.6 Å². The molecule has 106 valence electrons. The second kappa shape index (κ2) is 6.10. The van der Waals surface area contributed by atoms with Gasteiger partial charge in [0.05, 0.1) is 5.92 Å². The van der Waals surface area contributed by atoms with Gasteiger partial charge in [0.25, 0.3) is 0 Å². The fourth-order valence-corrected chi connectivity index (χ4v) is 2.46. The van der Waals surface area contributed by atoms with Crippen LogP contribution in [-0.2, 0) is 0 Å². The van der Waals surface area contributed by atoms with Crippen LogP contribution < -0.4 is 0 Å². The molecule has 1 atom stereocenters. The minimum Gasteiger partial charge on any atom is -0.338 e. The van der Waals surface area contributed by atoms with E-state index in [0.717, 1.165) is 12.0 Å². The molecule has 1 heterocycles. The first-order valence-electron chi connectivity index (χ1n) is 6.92. The van der Waals surface area contributed by atoms with Gasteiger partial charge in [-0.2, -0.15) is 4.98 Å². The summed E-state index contributed by atoms with van der Waals surface area (Å²) in [6, 6.07) is 17.6. The van der Waals surface area contributed by atoms with Crippen LogP contribution in [0.1, 0.15) is 30.7 Å². The maximum absolute atomic E-state index is 5.89. The van der Waals surface area contributed by atoms with Crippen molar-refractivity contribution < 1.29 is 4.52 Å². The van der Waals surface area contributed by atoms with E-state index in [-0.39, 0.29) is 5.92 Å². The molecule has 0 spiro atoms. The van der Waals surface area contributed by atoms with E-state index in [9.17, 15) is 0 Å². The Morgan fingerprint density at radius 3 is 2.43 bits per heavy atom. The van der Waals surface area contributed by atoms with Crippen molar-refractivity contribution in [2.45, 2.75) is 19.3 Å². The van der Waals surface area contributed by atoms with Crippen molar-refractivity contribution in [3.63, 3.8) is 0 Å². The molecule has 0 aliphatic heterocycles. The molecule has 4 heteroatoms. The molecule has 0 fully saturated rings. The molecule has 0 unspecified atom stereocenters. The fourth-order valence-electron chi connectivity index (χ4n) is 2.33. The van der Waals surface area contributed by atoms with Crippen LogP contribution in [0.25, 0.3) is 11.4 Å². The lowest BCUT2D eigenvalue weighted by Gasteiger charge is -2.09. The minimum atomic E-state index is 0.125. The number of benzene rings is 2. The number of hydrogen-bond donors (Lipinski definition) is 0. The maximum Gasteiger partial charge on any atom is 0.234 e. The molecular weight excluding hydrogens is 284 g/mol. The second-order valence-corrected chi connectivity index (χ2v) is 5.27. The van der Waals surface area contributed by atoms with Gasteiger partial charge in [-0.1, -0.05) is 54.0 Å². The molecule has 21 heavy (non-hydrogen) atoms. The number of aromatic nitrogens is 2. The molecule has 2 aromatic carbocycles. The molecule has 3 rings (SSSR count). The maximum atomic E-state index is 5.89. The van der Waals surface area contributed by atoms with Gasteiger partial charge in [-0.25, -0.2) is 0 Å². The first-order valence-corrected chi connectivity index (χ1v) is 7.30. The predicted octanol–water partition coefficient (Wildman–Crippen LogP) is 4.93. The van der Waals surface area contributed by atoms with Gasteiger partial charge in [0, 0.05) is 10.6 Å². The highest BCUT2D eigenvalue weighted by Gasteiger charge is 2.19. The molecule has 3 aromatic rings. The Hall–Kier alpha value is -2.13. The molecule has 1 aromatic heterocycles. The zero-order chi connectivity index (χ0) is 14.7. The van der Waals surface area contributed by atoms with Crippen LogP contribution in [0.5, 0.6) is 0 Å². The van der Waals surface area contributed by atoms with Gasteiger partial charge in [0.2, 0.25) is 11.7 Å². The predicted molar refractivity (Wildman–Crippen MR) is 83.3 cm³/mol. The van der Waals surface area contributed by atoms with Gasteiger partial charge in [0.15, 0.2) is 0 Å². The SMILES string of the molecule is CC[C@H](c1ccccc1)c1nc(-c2ccc(Cl)cc2)no1. The Morgan fingerprint density at radius 1 is 1.05 bits per heavy atom. The summed E-state index contributed by atoms with van der Waals surface area (Å²) in [7, 11) is 0. The topological polar surface area (TPSA) is 38.9 Å². The molecule has 3 nitrogen and oxygen atoms in total. The summed E-state index contributed by atoms with van der Waals surface area (Å²) in [5, 5.41) is 4.77. The molecule has 0 aliphatic rings. The average Bonchev–Trinajstić information content (AvgIpc) is 2.99. The summed E-state index contributed by atoms with van der Waals surface area (Å²) in [6.07, 6.45) is 0.909. The number of halogens is 1. The third-order valence-corrected chi connectivity index (χ3v) is 3.70. The van der Waals surface area contributed by atoms with Gasteiger partial charge in [-0.15, -0.1) is 0 Å². The van der Waals surface area contributed by atoms with E-state index >= 15 is 0 Å². The number of nitrogens with zero attached hydrogens (tertiary/aromatic N) is 2. The lowest BCUT2D eigenvalue weighted by molar-refractivity contribution is 0.363. The van der Waals surface area contributed by atoms with Crippen molar-refractivity contribution in [1.82, 2.24) is 10.1 Å². The van der Waals surface area contributed by atoms with Crippen LogP contribution in [0.15, 0.2) is 59.1 Å². The molecule has 0 N–H and O–H groups in total. The van der Waals surface area contributed by atoms with Crippen LogP contribution in [-0.4, -0.2) is 10.1 Å². The van der Waals surface area contributed by atoms with Crippen LogP contribution >= 0.6 is 11.6 Å². The smallest absolute Gasteiger partial charge is 0.234 e. The van der Waals surface area contributed by atoms with Crippen LogP contribution in [0.3, 0.4) is 0 Å². The highest BCUT2D eigenvalue weighted by Crippen LogP contribution is 2.28. The van der Waals surface area contributed by atoms with Crippen molar-refractivity contribution in [3.05, 3.63) is 71.1 Å². The molecule has 0 saturated carbocycles. The van der Waals surface area contributed by atoms with Gasteiger partial charge in [-0.05, 0) is 36.2 Å². The van der Waals surface area contributed by atoms with Gasteiger partial charge in [0.1, 0.15) is 0 Å².